The van der Waals surface area contributed by atoms with E-state index in [1.54, 1.807) is 55.5 Å². The summed E-state index contributed by atoms with van der Waals surface area (Å²) in [6, 6.07) is 28.2. The lowest BCUT2D eigenvalue weighted by Crippen LogP contribution is -2.40. The Bertz CT molecular complexity index is 2330. The summed E-state index contributed by atoms with van der Waals surface area (Å²) in [7, 11) is 0. The molecular weight excluding hydrogens is 707 g/mol. The molecule has 0 aliphatic carbocycles. The first-order valence-corrected chi connectivity index (χ1v) is 18.6. The lowest BCUT2D eigenvalue weighted by atomic mass is 9.93. The molecule has 1 atom stereocenters. The summed E-state index contributed by atoms with van der Waals surface area (Å²) in [6.45, 7) is 8.42. The van der Waals surface area contributed by atoms with E-state index in [4.69, 9.17) is 28.7 Å². The number of aromatic nitrogens is 1. The molecule has 1 aromatic heterocycles. The molecule has 12 heteroatoms. The monoisotopic (exact) mass is 747 g/mol. The first-order chi connectivity index (χ1) is 26.3. The maximum atomic E-state index is 14.5. The van der Waals surface area contributed by atoms with Crippen molar-refractivity contribution in [1.29, 1.82) is 0 Å². The summed E-state index contributed by atoms with van der Waals surface area (Å²) < 4.78 is 31.0. The van der Waals surface area contributed by atoms with E-state index in [9.17, 15) is 14.4 Å². The van der Waals surface area contributed by atoms with Gasteiger partial charge in [-0.3, -0.25) is 14.2 Å². The SMILES string of the molecule is CCOC(=O)C1=C(c2ccccc2)N=c2s/c(=C/c3ccc(OCC(=O)Nc4ccccc4)c(OCC)c3)c(=O)n2[C@H]1c1ccc(OCC)c(OCC)c1. The highest BCUT2D eigenvalue weighted by Crippen LogP contribution is 2.39. The molecule has 4 aromatic carbocycles. The van der Waals surface area contributed by atoms with Gasteiger partial charge in [-0.1, -0.05) is 72.0 Å². The number of nitrogens with one attached hydrogen (secondary N) is 1. The summed E-state index contributed by atoms with van der Waals surface area (Å²) in [5.74, 6) is 0.935. The molecule has 0 spiro atoms. The van der Waals surface area contributed by atoms with Crippen LogP contribution in [0.2, 0.25) is 0 Å². The van der Waals surface area contributed by atoms with E-state index in [0.29, 0.717) is 80.2 Å². The number of carbonyl (C=O) groups excluding carboxylic acids is 2. The van der Waals surface area contributed by atoms with Crippen LogP contribution in [0.15, 0.2) is 112 Å². The highest BCUT2D eigenvalue weighted by atomic mass is 32.1. The van der Waals surface area contributed by atoms with Crippen LogP contribution in [0.5, 0.6) is 23.0 Å². The maximum Gasteiger partial charge on any atom is 0.338 e. The van der Waals surface area contributed by atoms with Gasteiger partial charge in [0.1, 0.15) is 0 Å². The van der Waals surface area contributed by atoms with Gasteiger partial charge in [0, 0.05) is 11.3 Å². The number of esters is 1. The number of fused-ring (bicyclic) bond motifs is 1. The minimum absolute atomic E-state index is 0.134. The van der Waals surface area contributed by atoms with Gasteiger partial charge < -0.3 is 29.0 Å². The number of benzene rings is 4. The number of hydrogen-bond acceptors (Lipinski definition) is 10. The molecule has 2 heterocycles. The number of thiazole rings is 1. The van der Waals surface area contributed by atoms with Gasteiger partial charge in [-0.2, -0.15) is 0 Å². The molecule has 54 heavy (non-hydrogen) atoms. The third-order valence-electron chi connectivity index (χ3n) is 8.24. The van der Waals surface area contributed by atoms with E-state index < -0.39 is 12.0 Å². The predicted octanol–water partition coefficient (Wildman–Crippen LogP) is 6.15. The summed E-state index contributed by atoms with van der Waals surface area (Å²) in [5, 5.41) is 2.80. The molecule has 1 aliphatic rings. The number of ether oxygens (including phenoxy) is 5. The van der Waals surface area contributed by atoms with Gasteiger partial charge in [0.2, 0.25) is 0 Å². The standard InChI is InChI=1S/C42H41N3O8S/c1-5-49-31-22-20-29(25-34(31)51-7-3)39-37(41(48)52-8-4)38(28-15-11-9-12-16-28)44-42-45(39)40(47)35(54-42)24-27-19-21-32(33(23-27)50-6-2)53-26-36(46)43-30-17-13-10-14-18-30/h9-25,39H,5-8,26H2,1-4H3,(H,43,46)/b35-24+/t39-/m0/s1. The first-order valence-electron chi connectivity index (χ1n) is 17.8. The predicted molar refractivity (Wildman–Crippen MR) is 208 cm³/mol. The molecule has 1 amide bonds. The van der Waals surface area contributed by atoms with E-state index in [1.807, 2.05) is 75.4 Å². The number of amides is 1. The third kappa shape index (κ3) is 8.39. The number of nitrogens with zero attached hydrogens (tertiary/aromatic N) is 2. The number of rotatable bonds is 15. The van der Waals surface area contributed by atoms with Gasteiger partial charge >= 0.3 is 5.97 Å². The average Bonchev–Trinajstić information content (AvgIpc) is 3.49. The van der Waals surface area contributed by atoms with Crippen molar-refractivity contribution in [2.24, 2.45) is 4.99 Å². The average molecular weight is 748 g/mol. The minimum atomic E-state index is -0.899. The zero-order valence-corrected chi connectivity index (χ0v) is 31.3. The molecule has 0 saturated heterocycles. The van der Waals surface area contributed by atoms with Crippen molar-refractivity contribution in [3.05, 3.63) is 139 Å². The first kappa shape index (κ1) is 37.6. The van der Waals surface area contributed by atoms with Crippen LogP contribution < -0.4 is 39.2 Å². The second kappa shape index (κ2) is 17.6. The Balaban J connectivity index is 1.45. The Morgan fingerprint density at radius 3 is 2.07 bits per heavy atom. The van der Waals surface area contributed by atoms with Crippen LogP contribution in [0.3, 0.4) is 0 Å². The normalized spacial score (nSPS) is 13.8. The summed E-state index contributed by atoms with van der Waals surface area (Å²) in [5.41, 5.74) is 2.94. The number of carbonyl (C=O) groups is 2. The number of hydrogen-bond donors (Lipinski definition) is 1. The van der Waals surface area contributed by atoms with E-state index in [2.05, 4.69) is 5.32 Å². The van der Waals surface area contributed by atoms with Gasteiger partial charge in [-0.25, -0.2) is 9.79 Å². The van der Waals surface area contributed by atoms with E-state index in [-0.39, 0.29) is 30.3 Å². The van der Waals surface area contributed by atoms with E-state index in [0.717, 1.165) is 0 Å². The summed E-state index contributed by atoms with van der Waals surface area (Å²) in [6.07, 6.45) is 1.75. The van der Waals surface area contributed by atoms with Crippen LogP contribution in [0.1, 0.15) is 50.4 Å². The molecule has 1 aliphatic heterocycles. The van der Waals surface area contributed by atoms with Crippen molar-refractivity contribution >= 4 is 40.7 Å². The Kier molecular flexibility index (Phi) is 12.2. The molecule has 0 fully saturated rings. The molecule has 6 rings (SSSR count). The quantitative estimate of drug-likeness (QED) is 0.127. The highest BCUT2D eigenvalue weighted by Gasteiger charge is 2.35. The molecule has 1 N–H and O–H groups in total. The highest BCUT2D eigenvalue weighted by molar-refractivity contribution is 7.07. The number of para-hydroxylation sites is 1. The zero-order chi connectivity index (χ0) is 38.0. The second-order valence-electron chi connectivity index (χ2n) is 11.8. The Morgan fingerprint density at radius 1 is 0.759 bits per heavy atom. The molecule has 278 valence electrons. The smallest absolute Gasteiger partial charge is 0.338 e. The molecule has 11 nitrogen and oxygen atoms in total. The molecule has 0 radical (unpaired) electrons. The Morgan fingerprint density at radius 2 is 1.39 bits per heavy atom. The molecule has 0 unspecified atom stereocenters. The van der Waals surface area contributed by atoms with Crippen LogP contribution in [0.4, 0.5) is 5.69 Å². The lowest BCUT2D eigenvalue weighted by molar-refractivity contribution is -0.138. The topological polar surface area (TPSA) is 127 Å². The summed E-state index contributed by atoms with van der Waals surface area (Å²) >= 11 is 1.21. The van der Waals surface area contributed by atoms with E-state index in [1.165, 1.54) is 15.9 Å². The zero-order valence-electron chi connectivity index (χ0n) is 30.5. The van der Waals surface area contributed by atoms with Crippen molar-refractivity contribution < 1.29 is 33.3 Å². The van der Waals surface area contributed by atoms with Gasteiger partial charge in [0.25, 0.3) is 11.5 Å². The fraction of sp³-hybridized carbons (Fsp3) is 0.238. The van der Waals surface area contributed by atoms with Crippen LogP contribution in [0, 0.1) is 0 Å². The molecule has 0 bridgehead atoms. The maximum absolute atomic E-state index is 14.5. The van der Waals surface area contributed by atoms with Crippen molar-refractivity contribution in [1.82, 2.24) is 4.57 Å². The van der Waals surface area contributed by atoms with Crippen molar-refractivity contribution in [3.63, 3.8) is 0 Å². The largest absolute Gasteiger partial charge is 0.490 e. The fourth-order valence-corrected chi connectivity index (χ4v) is 7.01. The van der Waals surface area contributed by atoms with Crippen LogP contribution >= 0.6 is 11.3 Å². The molecular formula is C42H41N3O8S. The second-order valence-corrected chi connectivity index (χ2v) is 12.9. The lowest BCUT2D eigenvalue weighted by Gasteiger charge is -2.26. The van der Waals surface area contributed by atoms with Crippen LogP contribution in [-0.2, 0) is 14.3 Å². The van der Waals surface area contributed by atoms with Crippen molar-refractivity contribution in [3.8, 4) is 23.0 Å². The summed E-state index contributed by atoms with van der Waals surface area (Å²) in [4.78, 5) is 46.3. The van der Waals surface area contributed by atoms with Gasteiger partial charge in [0.05, 0.1) is 48.3 Å². The van der Waals surface area contributed by atoms with Gasteiger partial charge in [-0.05, 0) is 81.3 Å². The minimum Gasteiger partial charge on any atom is -0.490 e. The van der Waals surface area contributed by atoms with Crippen molar-refractivity contribution in [2.75, 3.05) is 38.4 Å². The van der Waals surface area contributed by atoms with Crippen LogP contribution in [-0.4, -0.2) is 49.5 Å². The number of anilines is 1. The Labute approximate surface area is 316 Å². The molecule has 0 saturated carbocycles. The molecule has 5 aromatic rings. The van der Waals surface area contributed by atoms with Gasteiger partial charge in [-0.15, -0.1) is 0 Å². The fourth-order valence-electron chi connectivity index (χ4n) is 6.01. The Hall–Kier alpha value is -6.14. The van der Waals surface area contributed by atoms with E-state index >= 15 is 0 Å². The third-order valence-corrected chi connectivity index (χ3v) is 9.22. The van der Waals surface area contributed by atoms with Gasteiger partial charge in [0.15, 0.2) is 34.4 Å². The van der Waals surface area contributed by atoms with Crippen molar-refractivity contribution in [2.45, 2.75) is 33.7 Å². The van der Waals surface area contributed by atoms with Crippen LogP contribution in [0.25, 0.3) is 11.8 Å².